The maximum absolute atomic E-state index is 12.9. The fourth-order valence-corrected chi connectivity index (χ4v) is 4.45. The first-order valence-corrected chi connectivity index (χ1v) is 8.48. The van der Waals surface area contributed by atoms with E-state index in [0.29, 0.717) is 22.5 Å². The summed E-state index contributed by atoms with van der Waals surface area (Å²) in [5.41, 5.74) is -1.86. The Balaban J connectivity index is 2.65. The number of nitrogens with zero attached hydrogens (tertiary/aromatic N) is 1. The van der Waals surface area contributed by atoms with E-state index in [1.807, 2.05) is 0 Å². The molecule has 0 saturated carbocycles. The van der Waals surface area contributed by atoms with Gasteiger partial charge in [-0.15, -0.1) is 0 Å². The molecule has 1 aliphatic heterocycles. The standard InChI is InChI=1S/C14H14F3NO6S/c1-24-13(21)9-5-4-8(14(15,16)17)7-11(9)25(22,23)18-6-2-3-10(18)12(19)20/h4-5,7,10H,2-3,6H2,1H3,(H,19,20). The van der Waals surface area contributed by atoms with E-state index in [-0.39, 0.29) is 19.4 Å². The highest BCUT2D eigenvalue weighted by atomic mass is 32.2. The second-order valence-corrected chi connectivity index (χ2v) is 7.17. The van der Waals surface area contributed by atoms with Gasteiger partial charge in [0.05, 0.1) is 23.1 Å². The van der Waals surface area contributed by atoms with Crippen LogP contribution in [0.1, 0.15) is 28.8 Å². The molecule has 1 aromatic rings. The molecule has 0 radical (unpaired) electrons. The minimum Gasteiger partial charge on any atom is -0.480 e. The molecule has 0 spiro atoms. The van der Waals surface area contributed by atoms with Crippen LogP contribution in [0.4, 0.5) is 13.2 Å². The molecule has 1 saturated heterocycles. The van der Waals surface area contributed by atoms with Gasteiger partial charge in [-0.3, -0.25) is 4.79 Å². The smallest absolute Gasteiger partial charge is 0.416 e. The fourth-order valence-electron chi connectivity index (χ4n) is 2.59. The van der Waals surface area contributed by atoms with E-state index in [9.17, 15) is 31.2 Å². The lowest BCUT2D eigenvalue weighted by atomic mass is 10.1. The van der Waals surface area contributed by atoms with Crippen molar-refractivity contribution < 1.29 is 41.0 Å². The van der Waals surface area contributed by atoms with Gasteiger partial charge in [-0.2, -0.15) is 17.5 Å². The maximum atomic E-state index is 12.9. The number of benzene rings is 1. The van der Waals surface area contributed by atoms with Gasteiger partial charge in [0.1, 0.15) is 6.04 Å². The Morgan fingerprint density at radius 2 is 1.96 bits per heavy atom. The number of sulfonamides is 1. The highest BCUT2D eigenvalue weighted by molar-refractivity contribution is 7.89. The molecule has 11 heteroatoms. The highest BCUT2D eigenvalue weighted by Gasteiger charge is 2.42. The second-order valence-electron chi connectivity index (χ2n) is 5.31. The van der Waals surface area contributed by atoms with Crippen LogP contribution in [0.5, 0.6) is 0 Å². The van der Waals surface area contributed by atoms with Crippen LogP contribution in [0.25, 0.3) is 0 Å². The number of halogens is 3. The lowest BCUT2D eigenvalue weighted by Gasteiger charge is -2.22. The third-order valence-electron chi connectivity index (χ3n) is 3.79. The Kier molecular flexibility index (Phi) is 5.09. The summed E-state index contributed by atoms with van der Waals surface area (Å²) in [6.45, 7) is -0.170. The van der Waals surface area contributed by atoms with E-state index < -0.39 is 50.2 Å². The van der Waals surface area contributed by atoms with E-state index in [1.54, 1.807) is 0 Å². The summed E-state index contributed by atoms with van der Waals surface area (Å²) in [6, 6.07) is 0.181. The van der Waals surface area contributed by atoms with E-state index >= 15 is 0 Å². The summed E-state index contributed by atoms with van der Waals surface area (Å²) in [4.78, 5) is 22.1. The summed E-state index contributed by atoms with van der Waals surface area (Å²) in [5, 5.41) is 9.12. The Morgan fingerprint density at radius 1 is 1.32 bits per heavy atom. The highest BCUT2D eigenvalue weighted by Crippen LogP contribution is 2.34. The van der Waals surface area contributed by atoms with Gasteiger partial charge in [0, 0.05) is 6.54 Å². The lowest BCUT2D eigenvalue weighted by molar-refractivity contribution is -0.141. The Hall–Kier alpha value is -2.14. The molecule has 0 amide bonds. The number of rotatable bonds is 4. The van der Waals surface area contributed by atoms with E-state index in [4.69, 9.17) is 5.11 Å². The van der Waals surface area contributed by atoms with Gasteiger partial charge < -0.3 is 9.84 Å². The van der Waals surface area contributed by atoms with Crippen LogP contribution >= 0.6 is 0 Å². The van der Waals surface area contributed by atoms with Gasteiger partial charge in [0.15, 0.2) is 0 Å². The van der Waals surface area contributed by atoms with Gasteiger partial charge in [-0.25, -0.2) is 13.2 Å². The number of carbonyl (C=O) groups is 2. The molecule has 1 fully saturated rings. The van der Waals surface area contributed by atoms with Crippen molar-refractivity contribution in [3.05, 3.63) is 29.3 Å². The Morgan fingerprint density at radius 3 is 2.48 bits per heavy atom. The number of aliphatic carboxylic acids is 1. The van der Waals surface area contributed by atoms with Crippen molar-refractivity contribution in [2.45, 2.75) is 30.0 Å². The van der Waals surface area contributed by atoms with Gasteiger partial charge >= 0.3 is 18.1 Å². The zero-order valence-corrected chi connectivity index (χ0v) is 13.7. The molecule has 1 atom stereocenters. The molecule has 2 rings (SSSR count). The van der Waals surface area contributed by atoms with Crippen LogP contribution in [0.3, 0.4) is 0 Å². The number of ether oxygens (including phenoxy) is 1. The molecule has 1 N–H and O–H groups in total. The van der Waals surface area contributed by atoms with Crippen molar-refractivity contribution in [2.75, 3.05) is 13.7 Å². The van der Waals surface area contributed by atoms with E-state index in [0.717, 1.165) is 7.11 Å². The van der Waals surface area contributed by atoms with E-state index in [1.165, 1.54) is 0 Å². The molecule has 0 bridgehead atoms. The van der Waals surface area contributed by atoms with E-state index in [2.05, 4.69) is 4.74 Å². The quantitative estimate of drug-likeness (QED) is 0.797. The molecule has 0 aromatic heterocycles. The predicted octanol–water partition coefficient (Wildman–Crippen LogP) is 1.73. The normalized spacial score (nSPS) is 19.0. The zero-order valence-electron chi connectivity index (χ0n) is 12.9. The predicted molar refractivity (Wildman–Crippen MR) is 77.3 cm³/mol. The van der Waals surface area contributed by atoms with Crippen LogP contribution in [-0.4, -0.2) is 49.5 Å². The maximum Gasteiger partial charge on any atom is 0.416 e. The molecule has 138 valence electrons. The van der Waals surface area contributed by atoms with Crippen molar-refractivity contribution in [3.8, 4) is 0 Å². The Bertz CT molecular complexity index is 805. The fraction of sp³-hybridized carbons (Fsp3) is 0.429. The first-order chi connectivity index (χ1) is 11.5. The molecular formula is C14H14F3NO6S. The molecular weight excluding hydrogens is 367 g/mol. The Labute approximate surface area is 141 Å². The lowest BCUT2D eigenvalue weighted by Crippen LogP contribution is -2.41. The summed E-state index contributed by atoms with van der Waals surface area (Å²) in [5.74, 6) is -2.55. The molecule has 7 nitrogen and oxygen atoms in total. The van der Waals surface area contributed by atoms with Gasteiger partial charge in [-0.05, 0) is 31.0 Å². The third kappa shape index (κ3) is 3.61. The number of methoxy groups -OCH3 is 1. The number of carboxylic acid groups (broad SMARTS) is 1. The third-order valence-corrected chi connectivity index (χ3v) is 5.74. The van der Waals surface area contributed by atoms with Crippen molar-refractivity contribution in [1.29, 1.82) is 0 Å². The van der Waals surface area contributed by atoms with Gasteiger partial charge in [0.25, 0.3) is 0 Å². The zero-order chi connectivity index (χ0) is 19.0. The summed E-state index contributed by atoms with van der Waals surface area (Å²) >= 11 is 0. The summed E-state index contributed by atoms with van der Waals surface area (Å²) in [6.07, 6.45) is -4.57. The van der Waals surface area contributed by atoms with Crippen molar-refractivity contribution in [1.82, 2.24) is 4.31 Å². The van der Waals surface area contributed by atoms with Crippen molar-refractivity contribution in [3.63, 3.8) is 0 Å². The van der Waals surface area contributed by atoms with Crippen LogP contribution in [0.15, 0.2) is 23.1 Å². The number of alkyl halides is 3. The number of carboxylic acids is 1. The largest absolute Gasteiger partial charge is 0.480 e. The molecule has 1 unspecified atom stereocenters. The molecule has 1 heterocycles. The van der Waals surface area contributed by atoms with Crippen molar-refractivity contribution >= 4 is 22.0 Å². The monoisotopic (exact) mass is 381 g/mol. The van der Waals surface area contributed by atoms with Crippen LogP contribution in [0.2, 0.25) is 0 Å². The average Bonchev–Trinajstić information content (AvgIpc) is 3.03. The number of hydrogen-bond donors (Lipinski definition) is 1. The van der Waals surface area contributed by atoms with Gasteiger partial charge in [0.2, 0.25) is 10.0 Å². The summed E-state index contributed by atoms with van der Waals surface area (Å²) < 4.78 is 69.3. The van der Waals surface area contributed by atoms with Crippen molar-refractivity contribution in [2.24, 2.45) is 0 Å². The first-order valence-electron chi connectivity index (χ1n) is 7.04. The average molecular weight is 381 g/mol. The molecule has 0 aliphatic carbocycles. The minimum absolute atomic E-state index is 0.0289. The SMILES string of the molecule is COC(=O)c1ccc(C(F)(F)F)cc1S(=O)(=O)N1CCCC1C(=O)O. The number of carbonyl (C=O) groups excluding carboxylic acids is 1. The minimum atomic E-state index is -4.84. The molecule has 25 heavy (non-hydrogen) atoms. The van der Waals surface area contributed by atoms with Gasteiger partial charge in [-0.1, -0.05) is 0 Å². The second kappa shape index (κ2) is 6.64. The van der Waals surface area contributed by atoms with Crippen LogP contribution < -0.4 is 0 Å². The molecule has 1 aromatic carbocycles. The number of esters is 1. The molecule has 1 aliphatic rings. The first kappa shape index (κ1) is 19.2. The number of hydrogen-bond acceptors (Lipinski definition) is 5. The van der Waals surface area contributed by atoms with Crippen LogP contribution in [0, 0.1) is 0 Å². The van der Waals surface area contributed by atoms with Crippen LogP contribution in [-0.2, 0) is 25.7 Å². The summed E-state index contributed by atoms with van der Waals surface area (Å²) in [7, 11) is -3.70. The topological polar surface area (TPSA) is 101 Å².